The molecule has 1 amide bonds. The maximum absolute atomic E-state index is 14.0. The van der Waals surface area contributed by atoms with Gasteiger partial charge >= 0.3 is 6.18 Å². The van der Waals surface area contributed by atoms with E-state index in [2.05, 4.69) is 5.32 Å². The number of aryl methyl sites for hydroxylation is 2. The molecule has 0 atom stereocenters. The van der Waals surface area contributed by atoms with E-state index >= 15 is 0 Å². The molecule has 0 saturated heterocycles. The Bertz CT molecular complexity index is 1790. The van der Waals surface area contributed by atoms with Gasteiger partial charge in [0.25, 0.3) is 11.7 Å². The van der Waals surface area contributed by atoms with E-state index in [-0.39, 0.29) is 22.5 Å². The summed E-state index contributed by atoms with van der Waals surface area (Å²) in [7, 11) is 0. The Kier molecular flexibility index (Phi) is 8.52. The van der Waals surface area contributed by atoms with E-state index in [1.54, 1.807) is 12.1 Å². The van der Waals surface area contributed by atoms with Gasteiger partial charge in [0.1, 0.15) is 17.1 Å². The van der Waals surface area contributed by atoms with Crippen LogP contribution in [0.15, 0.2) is 100 Å². The molecule has 0 aliphatic heterocycles. The smallest absolute Gasteiger partial charge is 0.453 e. The van der Waals surface area contributed by atoms with Crippen molar-refractivity contribution >= 4 is 22.6 Å². The molecule has 0 fully saturated rings. The standard InChI is InChI=1S/C34H28F3NO5/c1-3-21-11-8-12-22(4-2)30(21)38-29(39)20-41-26-17-18-27-28(19-26)43-33(34(35,36)37)32(31(27)40)42-25-15-13-24(14-16-25)23-9-6-5-7-10-23/h5-19H,3-4,20H2,1-2H3,(H,38,39). The zero-order valence-electron chi connectivity index (χ0n) is 23.5. The van der Waals surface area contributed by atoms with Gasteiger partial charge < -0.3 is 19.2 Å². The molecule has 0 saturated carbocycles. The molecule has 9 heteroatoms. The molecule has 5 aromatic rings. The summed E-state index contributed by atoms with van der Waals surface area (Å²) < 4.78 is 58.3. The Hall–Kier alpha value is -5.05. The second kappa shape index (κ2) is 12.4. The molecule has 0 unspecified atom stereocenters. The summed E-state index contributed by atoms with van der Waals surface area (Å²) in [6.45, 7) is 3.57. The van der Waals surface area contributed by atoms with E-state index in [0.29, 0.717) is 0 Å². The van der Waals surface area contributed by atoms with Crippen molar-refractivity contribution in [1.82, 2.24) is 0 Å². The lowest BCUT2D eigenvalue weighted by atomic mass is 10.0. The second-order valence-electron chi connectivity index (χ2n) is 9.73. The summed E-state index contributed by atoms with van der Waals surface area (Å²) in [6, 6.07) is 25.3. The molecule has 6 nitrogen and oxygen atoms in total. The molecule has 43 heavy (non-hydrogen) atoms. The number of hydrogen-bond acceptors (Lipinski definition) is 5. The SMILES string of the molecule is CCc1cccc(CC)c1NC(=O)COc1ccc2c(=O)c(Oc3ccc(-c4ccccc4)cc3)c(C(F)(F)F)oc2c1. The topological polar surface area (TPSA) is 77.8 Å². The molecule has 4 aromatic carbocycles. The first-order valence-corrected chi connectivity index (χ1v) is 13.7. The average molecular weight is 588 g/mol. The number of halogens is 3. The van der Waals surface area contributed by atoms with Gasteiger partial charge in [0.15, 0.2) is 6.61 Å². The molecule has 220 valence electrons. The Balaban J connectivity index is 1.38. The van der Waals surface area contributed by atoms with Crippen LogP contribution in [0.5, 0.6) is 17.2 Å². The highest BCUT2D eigenvalue weighted by atomic mass is 19.4. The van der Waals surface area contributed by atoms with Crippen molar-refractivity contribution in [3.05, 3.63) is 118 Å². The van der Waals surface area contributed by atoms with E-state index in [0.717, 1.165) is 46.8 Å². The Morgan fingerprint density at radius 3 is 2.07 bits per heavy atom. The molecule has 0 aliphatic carbocycles. The first kappa shape index (κ1) is 29.4. The molecule has 0 spiro atoms. The summed E-state index contributed by atoms with van der Waals surface area (Å²) in [5.74, 6) is -2.88. The third-order valence-electron chi connectivity index (χ3n) is 6.89. The summed E-state index contributed by atoms with van der Waals surface area (Å²) in [4.78, 5) is 25.9. The number of alkyl halides is 3. The Morgan fingerprint density at radius 1 is 0.814 bits per heavy atom. The van der Waals surface area contributed by atoms with Gasteiger partial charge in [-0.25, -0.2) is 0 Å². The van der Waals surface area contributed by atoms with Crippen LogP contribution in [0, 0.1) is 0 Å². The molecular weight excluding hydrogens is 559 g/mol. The summed E-state index contributed by atoms with van der Waals surface area (Å²) in [6.07, 6.45) is -3.58. The molecule has 0 radical (unpaired) electrons. The Morgan fingerprint density at radius 2 is 1.44 bits per heavy atom. The van der Waals surface area contributed by atoms with Crippen LogP contribution < -0.4 is 20.2 Å². The summed E-state index contributed by atoms with van der Waals surface area (Å²) >= 11 is 0. The van der Waals surface area contributed by atoms with Gasteiger partial charge in [-0.3, -0.25) is 9.59 Å². The first-order chi connectivity index (χ1) is 20.7. The molecule has 0 bridgehead atoms. The van der Waals surface area contributed by atoms with Crippen molar-refractivity contribution in [3.63, 3.8) is 0 Å². The van der Waals surface area contributed by atoms with Gasteiger partial charge in [0, 0.05) is 11.8 Å². The average Bonchev–Trinajstić information content (AvgIpc) is 3.01. The maximum atomic E-state index is 14.0. The van der Waals surface area contributed by atoms with Crippen molar-refractivity contribution in [1.29, 1.82) is 0 Å². The largest absolute Gasteiger partial charge is 0.484 e. The normalized spacial score (nSPS) is 11.4. The second-order valence-corrected chi connectivity index (χ2v) is 9.73. The van der Waals surface area contributed by atoms with Gasteiger partial charge in [0.05, 0.1) is 5.39 Å². The highest BCUT2D eigenvalue weighted by molar-refractivity contribution is 5.93. The van der Waals surface area contributed by atoms with E-state index in [9.17, 15) is 22.8 Å². The van der Waals surface area contributed by atoms with Crippen LogP contribution in [0.1, 0.15) is 30.7 Å². The molecule has 1 aromatic heterocycles. The maximum Gasteiger partial charge on any atom is 0.453 e. The number of ether oxygens (including phenoxy) is 2. The Labute approximate surface area is 245 Å². The van der Waals surface area contributed by atoms with Crippen LogP contribution in [0.4, 0.5) is 18.9 Å². The van der Waals surface area contributed by atoms with Crippen molar-refractivity contribution < 1.29 is 31.9 Å². The lowest BCUT2D eigenvalue weighted by Gasteiger charge is -2.15. The molecule has 1 heterocycles. The predicted octanol–water partition coefficient (Wildman–Crippen LogP) is 8.41. The highest BCUT2D eigenvalue weighted by Crippen LogP contribution is 2.39. The number of carbonyl (C=O) groups excluding carboxylic acids is 1. The minimum atomic E-state index is -5.02. The lowest BCUT2D eigenvalue weighted by molar-refractivity contribution is -0.154. The number of hydrogen-bond donors (Lipinski definition) is 1. The van der Waals surface area contributed by atoms with Gasteiger partial charge in [-0.1, -0.05) is 74.5 Å². The van der Waals surface area contributed by atoms with Crippen molar-refractivity contribution in [3.8, 4) is 28.4 Å². The van der Waals surface area contributed by atoms with E-state index in [1.807, 2.05) is 62.4 Å². The van der Waals surface area contributed by atoms with Crippen LogP contribution in [0.3, 0.4) is 0 Å². The number of benzene rings is 4. The van der Waals surface area contributed by atoms with Crippen LogP contribution in [-0.4, -0.2) is 12.5 Å². The zero-order chi connectivity index (χ0) is 30.6. The van der Waals surface area contributed by atoms with Crippen LogP contribution in [0.25, 0.3) is 22.1 Å². The van der Waals surface area contributed by atoms with Gasteiger partial charge in [-0.05, 0) is 59.4 Å². The third-order valence-corrected chi connectivity index (χ3v) is 6.89. The number of nitrogens with one attached hydrogen (secondary N) is 1. The number of amides is 1. The number of anilines is 1. The number of para-hydroxylation sites is 1. The van der Waals surface area contributed by atoms with Crippen molar-refractivity contribution in [2.45, 2.75) is 32.9 Å². The predicted molar refractivity (Wildman–Crippen MR) is 159 cm³/mol. The highest BCUT2D eigenvalue weighted by Gasteiger charge is 2.40. The minimum absolute atomic E-state index is 0.0404. The van der Waals surface area contributed by atoms with Crippen LogP contribution in [-0.2, 0) is 23.8 Å². The van der Waals surface area contributed by atoms with Gasteiger partial charge in [-0.2, -0.15) is 13.2 Å². The van der Waals surface area contributed by atoms with E-state index in [1.165, 1.54) is 24.3 Å². The number of rotatable bonds is 9. The molecule has 0 aliphatic rings. The van der Waals surface area contributed by atoms with E-state index in [4.69, 9.17) is 13.9 Å². The lowest BCUT2D eigenvalue weighted by Crippen LogP contribution is -2.22. The number of fused-ring (bicyclic) bond motifs is 1. The quantitative estimate of drug-likeness (QED) is 0.187. The van der Waals surface area contributed by atoms with Crippen molar-refractivity contribution in [2.24, 2.45) is 0 Å². The summed E-state index contributed by atoms with van der Waals surface area (Å²) in [5.41, 5.74) is 3.08. The van der Waals surface area contributed by atoms with Crippen molar-refractivity contribution in [2.75, 3.05) is 11.9 Å². The zero-order valence-corrected chi connectivity index (χ0v) is 23.5. The number of carbonyl (C=O) groups is 1. The fourth-order valence-electron chi connectivity index (χ4n) is 4.72. The van der Waals surface area contributed by atoms with Gasteiger partial charge in [-0.15, -0.1) is 0 Å². The van der Waals surface area contributed by atoms with Gasteiger partial charge in [0.2, 0.25) is 11.2 Å². The molecule has 5 rings (SSSR count). The molecular formula is C34H28F3NO5. The molecule has 1 N–H and O–H groups in total. The van der Waals surface area contributed by atoms with Crippen LogP contribution in [0.2, 0.25) is 0 Å². The monoisotopic (exact) mass is 587 g/mol. The summed E-state index contributed by atoms with van der Waals surface area (Å²) in [5, 5.41) is 2.73. The first-order valence-electron chi connectivity index (χ1n) is 13.7. The minimum Gasteiger partial charge on any atom is -0.484 e. The van der Waals surface area contributed by atoms with Crippen LogP contribution >= 0.6 is 0 Å². The fourth-order valence-corrected chi connectivity index (χ4v) is 4.72. The fraction of sp³-hybridized carbons (Fsp3) is 0.176. The third kappa shape index (κ3) is 6.56. The van der Waals surface area contributed by atoms with E-state index < -0.39 is 35.6 Å².